The van der Waals surface area contributed by atoms with Gasteiger partial charge >= 0.3 is 0 Å². The highest BCUT2D eigenvalue weighted by Crippen LogP contribution is 2.16. The fraction of sp³-hybridized carbons (Fsp3) is 0.647. The van der Waals surface area contributed by atoms with E-state index in [1.807, 2.05) is 12.1 Å². The minimum atomic E-state index is -0.131. The third-order valence-corrected chi connectivity index (χ3v) is 4.35. The van der Waals surface area contributed by atoms with Crippen molar-refractivity contribution in [2.45, 2.75) is 45.3 Å². The van der Waals surface area contributed by atoms with Crippen molar-refractivity contribution in [3.05, 3.63) is 35.1 Å². The van der Waals surface area contributed by atoms with Crippen LogP contribution in [0.15, 0.2) is 18.2 Å². The first-order chi connectivity index (χ1) is 10.1. The molecule has 1 aliphatic heterocycles. The van der Waals surface area contributed by atoms with Crippen LogP contribution in [0.25, 0.3) is 0 Å². The maximum atomic E-state index is 13.5. The number of hydrogen-bond acceptors (Lipinski definition) is 3. The van der Waals surface area contributed by atoms with Crippen LogP contribution < -0.4 is 5.32 Å². The van der Waals surface area contributed by atoms with Crippen LogP contribution in [-0.2, 0) is 0 Å². The van der Waals surface area contributed by atoms with Crippen LogP contribution in [0.2, 0.25) is 0 Å². The van der Waals surface area contributed by atoms with Crippen molar-refractivity contribution in [2.75, 3.05) is 26.2 Å². The van der Waals surface area contributed by atoms with Crippen molar-refractivity contribution in [3.63, 3.8) is 0 Å². The normalized spacial score (nSPS) is 18.9. The molecule has 1 aromatic rings. The molecule has 4 heteroatoms. The summed E-state index contributed by atoms with van der Waals surface area (Å²) in [6, 6.07) is 5.62. The van der Waals surface area contributed by atoms with E-state index in [0.717, 1.165) is 51.0 Å². The SMILES string of the molecule is Cc1ccc(C(C)NCCCN2CCC(O)CC2)cc1F. The molecular formula is C17H27FN2O. The first kappa shape index (κ1) is 16.4. The molecule has 1 heterocycles. The summed E-state index contributed by atoms with van der Waals surface area (Å²) >= 11 is 0. The minimum Gasteiger partial charge on any atom is -0.393 e. The van der Waals surface area contributed by atoms with Gasteiger partial charge in [-0.15, -0.1) is 0 Å². The van der Waals surface area contributed by atoms with Crippen molar-refractivity contribution in [1.82, 2.24) is 10.2 Å². The highest BCUT2D eigenvalue weighted by Gasteiger charge is 2.16. The van der Waals surface area contributed by atoms with E-state index in [1.165, 1.54) is 0 Å². The van der Waals surface area contributed by atoms with Crippen LogP contribution in [0.4, 0.5) is 4.39 Å². The number of aryl methyl sites for hydroxylation is 1. The number of halogens is 1. The number of hydrogen-bond donors (Lipinski definition) is 2. The number of benzene rings is 1. The number of nitrogens with one attached hydrogen (secondary N) is 1. The second-order valence-corrected chi connectivity index (χ2v) is 6.11. The van der Waals surface area contributed by atoms with E-state index in [-0.39, 0.29) is 18.0 Å². The summed E-state index contributed by atoms with van der Waals surface area (Å²) in [5.74, 6) is -0.131. The lowest BCUT2D eigenvalue weighted by atomic mass is 10.1. The van der Waals surface area contributed by atoms with E-state index in [0.29, 0.717) is 5.56 Å². The average Bonchev–Trinajstić information content (AvgIpc) is 2.48. The number of aliphatic hydroxyl groups excluding tert-OH is 1. The van der Waals surface area contributed by atoms with E-state index >= 15 is 0 Å². The molecule has 1 fully saturated rings. The van der Waals surface area contributed by atoms with E-state index in [2.05, 4.69) is 17.1 Å². The van der Waals surface area contributed by atoms with Crippen molar-refractivity contribution in [1.29, 1.82) is 0 Å². The second-order valence-electron chi connectivity index (χ2n) is 6.11. The highest BCUT2D eigenvalue weighted by atomic mass is 19.1. The number of aliphatic hydroxyl groups is 1. The van der Waals surface area contributed by atoms with Gasteiger partial charge in [-0.2, -0.15) is 0 Å². The second kappa shape index (κ2) is 7.87. The van der Waals surface area contributed by atoms with Gasteiger partial charge < -0.3 is 15.3 Å². The van der Waals surface area contributed by atoms with Gasteiger partial charge in [-0.1, -0.05) is 12.1 Å². The van der Waals surface area contributed by atoms with Gasteiger partial charge in [0.2, 0.25) is 0 Å². The largest absolute Gasteiger partial charge is 0.393 e. The summed E-state index contributed by atoms with van der Waals surface area (Å²) in [5.41, 5.74) is 1.69. The Bertz CT molecular complexity index is 444. The molecule has 0 aromatic heterocycles. The first-order valence-corrected chi connectivity index (χ1v) is 7.96. The first-order valence-electron chi connectivity index (χ1n) is 7.96. The summed E-state index contributed by atoms with van der Waals surface area (Å²) < 4.78 is 13.5. The Hall–Kier alpha value is -0.970. The van der Waals surface area contributed by atoms with Gasteiger partial charge in [0.05, 0.1) is 6.10 Å². The van der Waals surface area contributed by atoms with Crippen LogP contribution >= 0.6 is 0 Å². The van der Waals surface area contributed by atoms with Gasteiger partial charge in [-0.3, -0.25) is 0 Å². The van der Waals surface area contributed by atoms with Gasteiger partial charge in [0.15, 0.2) is 0 Å². The smallest absolute Gasteiger partial charge is 0.126 e. The maximum Gasteiger partial charge on any atom is 0.126 e. The van der Waals surface area contributed by atoms with E-state index < -0.39 is 0 Å². The number of nitrogens with zero attached hydrogens (tertiary/aromatic N) is 1. The molecule has 3 nitrogen and oxygen atoms in total. The molecule has 1 aromatic carbocycles. The summed E-state index contributed by atoms with van der Waals surface area (Å²) in [4.78, 5) is 2.41. The Morgan fingerprint density at radius 3 is 2.76 bits per heavy atom. The zero-order chi connectivity index (χ0) is 15.2. The minimum absolute atomic E-state index is 0.101. The van der Waals surface area contributed by atoms with Gasteiger partial charge in [-0.25, -0.2) is 4.39 Å². The summed E-state index contributed by atoms with van der Waals surface area (Å²) in [7, 11) is 0. The Morgan fingerprint density at radius 1 is 1.38 bits per heavy atom. The monoisotopic (exact) mass is 294 g/mol. The fourth-order valence-corrected chi connectivity index (χ4v) is 2.76. The van der Waals surface area contributed by atoms with E-state index in [9.17, 15) is 9.50 Å². The van der Waals surface area contributed by atoms with Gasteiger partial charge in [0.1, 0.15) is 5.82 Å². The molecule has 2 rings (SSSR count). The molecule has 0 aliphatic carbocycles. The molecule has 21 heavy (non-hydrogen) atoms. The molecule has 0 spiro atoms. The lowest BCUT2D eigenvalue weighted by Crippen LogP contribution is -2.37. The molecule has 1 atom stereocenters. The molecule has 2 N–H and O–H groups in total. The lowest BCUT2D eigenvalue weighted by Gasteiger charge is -2.29. The van der Waals surface area contributed by atoms with Crippen LogP contribution in [0.1, 0.15) is 43.4 Å². The topological polar surface area (TPSA) is 35.5 Å². The molecule has 1 aliphatic rings. The lowest BCUT2D eigenvalue weighted by molar-refractivity contribution is 0.0820. The molecule has 118 valence electrons. The van der Waals surface area contributed by atoms with Crippen molar-refractivity contribution < 1.29 is 9.50 Å². The number of rotatable bonds is 6. The molecule has 0 saturated carbocycles. The molecule has 0 radical (unpaired) electrons. The van der Waals surface area contributed by atoms with Crippen molar-refractivity contribution in [3.8, 4) is 0 Å². The quantitative estimate of drug-likeness (QED) is 0.792. The summed E-state index contributed by atoms with van der Waals surface area (Å²) in [6.45, 7) is 7.85. The predicted octanol–water partition coefficient (Wildman–Crippen LogP) is 2.63. The summed E-state index contributed by atoms with van der Waals surface area (Å²) in [5, 5.41) is 12.9. The van der Waals surface area contributed by atoms with Gasteiger partial charge in [0, 0.05) is 19.1 Å². The highest BCUT2D eigenvalue weighted by molar-refractivity contribution is 5.25. The molecule has 1 unspecified atom stereocenters. The predicted molar refractivity (Wildman–Crippen MR) is 83.9 cm³/mol. The Morgan fingerprint density at radius 2 is 2.10 bits per heavy atom. The fourth-order valence-electron chi connectivity index (χ4n) is 2.76. The Kier molecular flexibility index (Phi) is 6.15. The van der Waals surface area contributed by atoms with E-state index in [1.54, 1.807) is 13.0 Å². The van der Waals surface area contributed by atoms with Gasteiger partial charge in [0.25, 0.3) is 0 Å². The van der Waals surface area contributed by atoms with Gasteiger partial charge in [-0.05, 0) is 63.4 Å². The Labute approximate surface area is 127 Å². The van der Waals surface area contributed by atoms with Crippen LogP contribution in [-0.4, -0.2) is 42.3 Å². The Balaban J connectivity index is 1.67. The van der Waals surface area contributed by atoms with Crippen LogP contribution in [0, 0.1) is 12.7 Å². The van der Waals surface area contributed by atoms with Crippen LogP contribution in [0.3, 0.4) is 0 Å². The summed E-state index contributed by atoms with van der Waals surface area (Å²) in [6.07, 6.45) is 2.77. The zero-order valence-electron chi connectivity index (χ0n) is 13.1. The molecule has 1 saturated heterocycles. The zero-order valence-corrected chi connectivity index (χ0v) is 13.1. The maximum absolute atomic E-state index is 13.5. The average molecular weight is 294 g/mol. The molecular weight excluding hydrogens is 267 g/mol. The standard InChI is InChI=1S/C17H27FN2O/c1-13-4-5-15(12-17(13)18)14(2)19-8-3-9-20-10-6-16(21)7-11-20/h4-5,12,14,16,19,21H,3,6-11H2,1-2H3. The van der Waals surface area contributed by atoms with E-state index in [4.69, 9.17) is 0 Å². The number of likely N-dealkylation sites (tertiary alicyclic amines) is 1. The van der Waals surface area contributed by atoms with Crippen molar-refractivity contribution >= 4 is 0 Å². The third-order valence-electron chi connectivity index (χ3n) is 4.35. The van der Waals surface area contributed by atoms with Crippen LogP contribution in [0.5, 0.6) is 0 Å². The molecule has 0 bridgehead atoms. The third kappa shape index (κ3) is 5.06. The molecule has 0 amide bonds. The number of piperidine rings is 1. The van der Waals surface area contributed by atoms with Crippen molar-refractivity contribution in [2.24, 2.45) is 0 Å².